The summed E-state index contributed by atoms with van der Waals surface area (Å²) in [6.07, 6.45) is -2.29. The van der Waals surface area contributed by atoms with Crippen LogP contribution in [0, 0.1) is 6.08 Å². The van der Waals surface area contributed by atoms with E-state index in [0.717, 1.165) is 0 Å². The van der Waals surface area contributed by atoms with Gasteiger partial charge in [0, 0.05) is 0 Å². The van der Waals surface area contributed by atoms with Crippen molar-refractivity contribution in [1.82, 2.24) is 19.5 Å². The van der Waals surface area contributed by atoms with Crippen molar-refractivity contribution in [3.8, 4) is 0 Å². The highest BCUT2D eigenvalue weighted by Gasteiger charge is 2.55. The van der Waals surface area contributed by atoms with E-state index in [1.807, 2.05) is 0 Å². The number of hydrogen-bond donors (Lipinski definition) is 1. The van der Waals surface area contributed by atoms with Crippen LogP contribution in [0.15, 0.2) is 11.1 Å². The van der Waals surface area contributed by atoms with Gasteiger partial charge >= 0.3 is 0 Å². The Labute approximate surface area is 248 Å². The number of hydrogen-bond acceptors (Lipinski definition) is 7. The number of rotatable bonds is 8. The summed E-state index contributed by atoms with van der Waals surface area (Å²) in [5.74, 6) is 0. The molecule has 1 aliphatic heterocycles. The monoisotopic (exact) mass is 628 g/mol. The van der Waals surface area contributed by atoms with Gasteiger partial charge in [0.05, 0.1) is 12.9 Å². The Morgan fingerprint density at radius 3 is 1.85 bits per heavy atom. The summed E-state index contributed by atoms with van der Waals surface area (Å²) in [5.41, 5.74) is -0.487. The van der Waals surface area contributed by atoms with E-state index in [1.165, 1.54) is 10.9 Å². The summed E-state index contributed by atoms with van der Waals surface area (Å²) >= 11 is 0. The van der Waals surface area contributed by atoms with Crippen LogP contribution in [-0.2, 0) is 18.0 Å². The van der Waals surface area contributed by atoms with Crippen LogP contribution in [0.25, 0.3) is 11.2 Å². The van der Waals surface area contributed by atoms with Gasteiger partial charge in [-0.2, -0.15) is 9.37 Å². The summed E-state index contributed by atoms with van der Waals surface area (Å²) in [6.45, 7) is 33.1. The molecule has 0 saturated carbocycles. The molecule has 3 heterocycles. The lowest BCUT2D eigenvalue weighted by Gasteiger charge is -2.44. The fourth-order valence-electron chi connectivity index (χ4n) is 3.98. The van der Waals surface area contributed by atoms with Gasteiger partial charge < -0.3 is 23.0 Å². The predicted molar refractivity (Wildman–Crippen MR) is 169 cm³/mol. The minimum atomic E-state index is -2.42. The fraction of sp³-hybridized carbons (Fsp3) is 0.821. The van der Waals surface area contributed by atoms with Crippen molar-refractivity contribution in [3.63, 3.8) is 0 Å². The second-order valence-electron chi connectivity index (χ2n) is 16.0. The molecule has 234 valence electrons. The third-order valence-corrected chi connectivity index (χ3v) is 23.3. The van der Waals surface area contributed by atoms with Gasteiger partial charge in [0.25, 0.3) is 11.6 Å². The lowest BCUT2D eigenvalue weighted by Crippen LogP contribution is -2.54. The number of imidazole rings is 1. The highest BCUT2D eigenvalue weighted by atomic mass is 28.4. The molecular formula is C28H53FN4O5Si3. The van der Waals surface area contributed by atoms with E-state index in [9.17, 15) is 4.79 Å². The maximum atomic E-state index is 15.7. The normalized spacial score (nSPS) is 23.5. The quantitative estimate of drug-likeness (QED) is 0.249. The van der Waals surface area contributed by atoms with Crippen molar-refractivity contribution in [3.05, 3.63) is 22.8 Å². The van der Waals surface area contributed by atoms with E-state index < -0.39 is 61.1 Å². The molecule has 1 aliphatic rings. The largest absolute Gasteiger partial charge is 0.414 e. The molecule has 0 amide bonds. The minimum absolute atomic E-state index is 0.00453. The Hall–Kier alpha value is -1.23. The summed E-state index contributed by atoms with van der Waals surface area (Å²) < 4.78 is 44.5. The van der Waals surface area contributed by atoms with Gasteiger partial charge in [-0.1, -0.05) is 62.3 Å². The number of H-pyrrole nitrogens is 1. The number of halogens is 1. The Balaban J connectivity index is 2.20. The Morgan fingerprint density at radius 2 is 1.37 bits per heavy atom. The van der Waals surface area contributed by atoms with Gasteiger partial charge in [-0.25, -0.2) is 4.98 Å². The summed E-state index contributed by atoms with van der Waals surface area (Å²) in [7, 11) is -6.93. The number of nitrogens with one attached hydrogen (secondary N) is 1. The van der Waals surface area contributed by atoms with Crippen LogP contribution < -0.4 is 5.56 Å². The van der Waals surface area contributed by atoms with Crippen LogP contribution in [0.5, 0.6) is 0 Å². The molecule has 0 unspecified atom stereocenters. The molecule has 1 N–H and O–H groups in total. The molecule has 4 atom stereocenters. The Bertz CT molecular complexity index is 1290. The molecule has 1 saturated heterocycles. The molecule has 3 rings (SSSR count). The second-order valence-corrected chi connectivity index (χ2v) is 30.3. The first-order chi connectivity index (χ1) is 18.3. The molecule has 1 fully saturated rings. The predicted octanol–water partition coefficient (Wildman–Crippen LogP) is 6.96. The van der Waals surface area contributed by atoms with Crippen LogP contribution in [0.2, 0.25) is 54.4 Å². The van der Waals surface area contributed by atoms with E-state index in [-0.39, 0.29) is 32.9 Å². The minimum Gasteiger partial charge on any atom is -0.414 e. The van der Waals surface area contributed by atoms with Crippen molar-refractivity contribution in [2.45, 2.75) is 141 Å². The van der Waals surface area contributed by atoms with Crippen LogP contribution >= 0.6 is 0 Å². The number of ether oxygens (including phenoxy) is 1. The SMILES string of the molecule is CC(C)(C)[Si](C)(C)OC[C@H]1O[C@@H](n2c(F)nc3c(=O)[nH]cnc32)[C@H](O[Si](C)(C)C(C)(C)C)[C@@H]1O[Si](C)(C)C(C)(C)C. The molecule has 0 spiro atoms. The molecule has 0 aliphatic carbocycles. The van der Waals surface area contributed by atoms with Crippen LogP contribution in [0.4, 0.5) is 4.39 Å². The lowest BCUT2D eigenvalue weighted by atomic mass is 10.1. The maximum absolute atomic E-state index is 15.7. The highest BCUT2D eigenvalue weighted by molar-refractivity contribution is 6.75. The molecule has 13 heteroatoms. The third-order valence-electron chi connectivity index (χ3n) is 9.87. The van der Waals surface area contributed by atoms with E-state index in [2.05, 4.69) is 117 Å². The number of aromatic amines is 1. The van der Waals surface area contributed by atoms with Gasteiger partial charge in [0.1, 0.15) is 18.3 Å². The van der Waals surface area contributed by atoms with E-state index >= 15 is 4.39 Å². The Kier molecular flexibility index (Phi) is 9.23. The van der Waals surface area contributed by atoms with Gasteiger partial charge in [0.15, 0.2) is 42.3 Å². The van der Waals surface area contributed by atoms with E-state index in [1.54, 1.807) is 0 Å². The first-order valence-electron chi connectivity index (χ1n) is 14.6. The lowest BCUT2D eigenvalue weighted by molar-refractivity contribution is -0.0518. The first kappa shape index (κ1) is 34.3. The average Bonchev–Trinajstić information content (AvgIpc) is 3.27. The fourth-order valence-corrected chi connectivity index (χ4v) is 7.60. The van der Waals surface area contributed by atoms with Crippen LogP contribution in [-0.4, -0.2) is 69.4 Å². The number of aromatic nitrogens is 4. The van der Waals surface area contributed by atoms with Crippen LogP contribution in [0.1, 0.15) is 68.5 Å². The molecule has 0 bridgehead atoms. The first-order valence-corrected chi connectivity index (χ1v) is 23.3. The average molecular weight is 629 g/mol. The molecule has 2 aromatic rings. The maximum Gasteiger partial charge on any atom is 0.293 e. The zero-order valence-electron chi connectivity index (χ0n) is 27.9. The van der Waals surface area contributed by atoms with Crippen LogP contribution in [0.3, 0.4) is 0 Å². The van der Waals surface area contributed by atoms with Gasteiger partial charge in [-0.15, -0.1) is 0 Å². The highest BCUT2D eigenvalue weighted by Crippen LogP contribution is 2.47. The summed E-state index contributed by atoms with van der Waals surface area (Å²) in [4.78, 5) is 23.2. The van der Waals surface area contributed by atoms with Gasteiger partial charge in [-0.05, 0) is 54.4 Å². The molecule has 2 aromatic heterocycles. The van der Waals surface area contributed by atoms with Crippen molar-refractivity contribution >= 4 is 36.1 Å². The zero-order chi connectivity index (χ0) is 31.6. The second kappa shape index (κ2) is 11.0. The van der Waals surface area contributed by atoms with Crippen molar-refractivity contribution in [2.24, 2.45) is 0 Å². The van der Waals surface area contributed by atoms with Crippen molar-refractivity contribution < 1.29 is 22.4 Å². The Morgan fingerprint density at radius 1 is 0.878 bits per heavy atom. The summed E-state index contributed by atoms with van der Waals surface area (Å²) in [5, 5.41) is -0.214. The molecule has 0 radical (unpaired) electrons. The number of nitrogens with zero attached hydrogens (tertiary/aromatic N) is 3. The van der Waals surface area contributed by atoms with Crippen molar-refractivity contribution in [1.29, 1.82) is 0 Å². The molecule has 0 aromatic carbocycles. The summed E-state index contributed by atoms with van der Waals surface area (Å²) in [6, 6.07) is 0. The van der Waals surface area contributed by atoms with Crippen molar-refractivity contribution in [2.75, 3.05) is 6.61 Å². The number of fused-ring (bicyclic) bond motifs is 1. The molecule has 9 nitrogen and oxygen atoms in total. The topological polar surface area (TPSA) is 100 Å². The smallest absolute Gasteiger partial charge is 0.293 e. The van der Waals surface area contributed by atoms with E-state index in [0.29, 0.717) is 0 Å². The van der Waals surface area contributed by atoms with Gasteiger partial charge in [-0.3, -0.25) is 9.36 Å². The molecular weight excluding hydrogens is 576 g/mol. The van der Waals surface area contributed by atoms with E-state index in [4.69, 9.17) is 18.0 Å². The standard InChI is InChI=1S/C28H53FN4O5Si3/c1-26(2,3)39(10,11)35-16-18-20(37-40(12,13)27(4,5)6)21(38-41(14,15)28(7,8)9)24(36-18)33-22-19(32-25(33)29)23(34)31-17-30-22/h17-18,20-21,24H,16H2,1-15H3,(H,30,31,34)/t18-,20-,21-,24-/m1/s1. The third kappa shape index (κ3) is 6.80. The van der Waals surface area contributed by atoms with Gasteiger partial charge in [0.2, 0.25) is 0 Å². The zero-order valence-corrected chi connectivity index (χ0v) is 30.9. The molecule has 41 heavy (non-hydrogen) atoms.